The molecular weight excluding hydrogens is 864 g/mol. The Morgan fingerprint density at radius 3 is 2.17 bits per heavy atom. The zero-order chi connectivity index (χ0) is 39.4. The van der Waals surface area contributed by atoms with Crippen LogP contribution in [0.15, 0.2) is 83.3 Å². The van der Waals surface area contributed by atoms with Crippen molar-refractivity contribution in [1.29, 1.82) is 0 Å². The number of phenols is 1. The predicted octanol–water partition coefficient (Wildman–Crippen LogP) is 6.82. The number of nitrogens with one attached hydrogen (secondary N) is 2. The van der Waals surface area contributed by atoms with Crippen LogP contribution in [0.3, 0.4) is 0 Å². The first-order valence-electron chi connectivity index (χ1n) is 13.6. The van der Waals surface area contributed by atoms with Gasteiger partial charge < -0.3 is 20.6 Å². The molecule has 2 aromatic heterocycles. The molecule has 0 fully saturated rings. The SMILES string of the molecule is C=C(OO)Sc1nc(Cl)nc(Nc2ccc(S(=O)(=O)O)c(N=Nc3c(SOOO)cc4cc(S(=O)(=O)O)cc(Nc5nc(Cl)nc(SC)n5)c4c3O)c2)n1. The Morgan fingerprint density at radius 2 is 1.54 bits per heavy atom. The number of benzene rings is 3. The molecule has 5 rings (SSSR count). The van der Waals surface area contributed by atoms with E-state index in [-0.39, 0.29) is 77.0 Å². The van der Waals surface area contributed by atoms with Gasteiger partial charge in [-0.15, -0.1) is 14.6 Å². The van der Waals surface area contributed by atoms with Crippen LogP contribution in [0.1, 0.15) is 0 Å². The number of azo groups is 1. The lowest BCUT2D eigenvalue weighted by molar-refractivity contribution is -0.432. The number of rotatable bonds is 15. The van der Waals surface area contributed by atoms with E-state index in [0.29, 0.717) is 11.8 Å². The largest absolute Gasteiger partial charge is 0.505 e. The number of aromatic hydroxyl groups is 1. The van der Waals surface area contributed by atoms with E-state index in [9.17, 15) is 31.0 Å². The van der Waals surface area contributed by atoms with Crippen molar-refractivity contribution in [1.82, 2.24) is 29.9 Å². The molecule has 29 heteroatoms. The van der Waals surface area contributed by atoms with Gasteiger partial charge in [-0.1, -0.05) is 16.8 Å². The second-order valence-corrected chi connectivity index (χ2v) is 15.7. The first-order valence-corrected chi connectivity index (χ1v) is 20.0. The van der Waals surface area contributed by atoms with Gasteiger partial charge in [0.25, 0.3) is 20.2 Å². The Labute approximate surface area is 325 Å². The molecule has 54 heavy (non-hydrogen) atoms. The highest BCUT2D eigenvalue weighted by Gasteiger charge is 2.23. The molecule has 0 amide bonds. The normalized spacial score (nSPS) is 12.0. The molecule has 0 saturated carbocycles. The molecule has 3 aromatic carbocycles. The van der Waals surface area contributed by atoms with Crippen LogP contribution in [0.4, 0.5) is 34.6 Å². The summed E-state index contributed by atoms with van der Waals surface area (Å²) < 4.78 is 73.4. The molecule has 0 aliphatic carbocycles. The van der Waals surface area contributed by atoms with E-state index in [0.717, 1.165) is 36.0 Å². The maximum absolute atomic E-state index is 12.3. The Bertz CT molecular complexity index is 2540. The number of hydrogen-bond acceptors (Lipinski definition) is 23. The Morgan fingerprint density at radius 1 is 0.870 bits per heavy atom. The van der Waals surface area contributed by atoms with Gasteiger partial charge in [0, 0.05) is 11.1 Å². The number of halogens is 2. The summed E-state index contributed by atoms with van der Waals surface area (Å²) in [5.41, 5.74) is -1.15. The molecule has 0 spiro atoms. The molecule has 284 valence electrons. The summed E-state index contributed by atoms with van der Waals surface area (Å²) in [7, 11) is -9.82. The van der Waals surface area contributed by atoms with Gasteiger partial charge in [-0.3, -0.25) is 9.11 Å². The summed E-state index contributed by atoms with van der Waals surface area (Å²) >= 11 is 14.0. The lowest BCUT2D eigenvalue weighted by Gasteiger charge is -2.15. The van der Waals surface area contributed by atoms with E-state index in [2.05, 4.69) is 71.6 Å². The fourth-order valence-corrected chi connectivity index (χ4v) is 7.12. The molecule has 0 saturated heterocycles. The minimum Gasteiger partial charge on any atom is -0.505 e. The van der Waals surface area contributed by atoms with Crippen molar-refractivity contribution >= 4 is 124 Å². The van der Waals surface area contributed by atoms with Crippen LogP contribution in [0.25, 0.3) is 10.8 Å². The van der Waals surface area contributed by atoms with Gasteiger partial charge in [0.05, 0.1) is 27.5 Å². The van der Waals surface area contributed by atoms with E-state index < -0.39 is 47.2 Å². The second-order valence-electron chi connectivity index (χ2n) is 9.64. The monoisotopic (exact) mass is 880 g/mol. The standard InChI is InChI=1S/C25H18Cl2N10O12S5/c1-9(47-39)51-25-33-21(27)30-22(35-25)28-11-3-4-16(54(44,45)46)13(7-11)36-37-18-15(52-49-48-40)6-10-5-12(53(41,42)43)8-14(17(10)19(18)38)29-23-31-20(26)32-24(34-23)50-2/h3-8,38-40H,1H2,2H3,(H,41,42,43)(H,44,45,46)(H,28,30,33,35)(H,29,31,32,34). The van der Waals surface area contributed by atoms with Gasteiger partial charge in [-0.2, -0.15) is 46.7 Å². The number of anilines is 4. The fourth-order valence-electron chi connectivity index (χ4n) is 4.20. The van der Waals surface area contributed by atoms with Gasteiger partial charge in [-0.05, 0) is 89.6 Å². The molecular formula is C25H18Cl2N10O12S5. The Balaban J connectivity index is 1.67. The van der Waals surface area contributed by atoms with Gasteiger partial charge in [0.1, 0.15) is 16.3 Å². The highest BCUT2D eigenvalue weighted by Crippen LogP contribution is 2.48. The van der Waals surface area contributed by atoms with Crippen LogP contribution in [0, 0.1) is 0 Å². The van der Waals surface area contributed by atoms with Crippen LogP contribution in [0.2, 0.25) is 10.6 Å². The molecule has 5 aromatic rings. The van der Waals surface area contributed by atoms with Gasteiger partial charge in [-0.25, -0.2) is 10.5 Å². The third-order valence-corrected chi connectivity index (χ3v) is 10.1. The lowest BCUT2D eigenvalue weighted by atomic mass is 10.1. The molecule has 2 heterocycles. The van der Waals surface area contributed by atoms with Gasteiger partial charge in [0.2, 0.25) is 27.6 Å². The molecule has 0 atom stereocenters. The topological polar surface area (TPSA) is 323 Å². The average molecular weight is 882 g/mol. The highest BCUT2D eigenvalue weighted by molar-refractivity contribution is 8.02. The zero-order valence-electron chi connectivity index (χ0n) is 26.1. The number of nitrogens with zero attached hydrogens (tertiary/aromatic N) is 8. The second kappa shape index (κ2) is 17.1. The molecule has 0 aliphatic rings. The van der Waals surface area contributed by atoms with Crippen molar-refractivity contribution < 1.29 is 55.8 Å². The summed E-state index contributed by atoms with van der Waals surface area (Å²) in [5, 5.41) is 45.4. The number of fused-ring (bicyclic) bond motifs is 1. The summed E-state index contributed by atoms with van der Waals surface area (Å²) in [6.07, 6.45) is 1.65. The van der Waals surface area contributed by atoms with E-state index in [1.54, 1.807) is 6.26 Å². The van der Waals surface area contributed by atoms with Crippen molar-refractivity contribution in [3.63, 3.8) is 0 Å². The first kappa shape index (κ1) is 40.9. The van der Waals surface area contributed by atoms with Crippen LogP contribution >= 0.6 is 58.8 Å². The third-order valence-electron chi connectivity index (χ3n) is 6.24. The summed E-state index contributed by atoms with van der Waals surface area (Å²) in [6.45, 7) is 3.42. The molecule has 7 N–H and O–H groups in total. The zero-order valence-corrected chi connectivity index (χ0v) is 31.7. The lowest BCUT2D eigenvalue weighted by Crippen LogP contribution is -2.04. The van der Waals surface area contributed by atoms with E-state index >= 15 is 0 Å². The Hall–Kier alpha value is -4.23. The smallest absolute Gasteiger partial charge is 0.296 e. The minimum atomic E-state index is -4.96. The molecule has 0 radical (unpaired) electrons. The molecule has 0 bridgehead atoms. The van der Waals surface area contributed by atoms with Crippen molar-refractivity contribution in [2.75, 3.05) is 16.9 Å². The molecule has 22 nitrogen and oxygen atoms in total. The molecule has 0 aliphatic heterocycles. The van der Waals surface area contributed by atoms with Crippen molar-refractivity contribution in [3.8, 4) is 5.75 Å². The third kappa shape index (κ3) is 10.1. The maximum atomic E-state index is 12.3. The van der Waals surface area contributed by atoms with E-state index in [4.69, 9.17) is 33.7 Å². The number of phenolic OH excluding ortho intramolecular Hbond substituents is 1. The number of aromatic nitrogens is 6. The molecule has 0 unspecified atom stereocenters. The Kier molecular flexibility index (Phi) is 12.9. The summed E-state index contributed by atoms with van der Waals surface area (Å²) in [4.78, 5) is 26.2. The first-order chi connectivity index (χ1) is 25.5. The fraction of sp³-hybridized carbons (Fsp3) is 0.0400. The quantitative estimate of drug-likeness (QED) is 0.0108. The summed E-state index contributed by atoms with van der Waals surface area (Å²) in [5.74, 6) is -1.13. The van der Waals surface area contributed by atoms with E-state index in [1.807, 2.05) is 0 Å². The van der Waals surface area contributed by atoms with Crippen LogP contribution in [0.5, 0.6) is 5.75 Å². The van der Waals surface area contributed by atoms with Crippen molar-refractivity contribution in [2.24, 2.45) is 10.2 Å². The van der Waals surface area contributed by atoms with Crippen LogP contribution in [-0.2, 0) is 34.5 Å². The maximum Gasteiger partial charge on any atom is 0.296 e. The highest BCUT2D eigenvalue weighted by atomic mass is 35.5. The minimum absolute atomic E-state index is 0.0576. The number of hydrogen-bond donors (Lipinski definition) is 7. The number of thioether (sulfide) groups is 2. The van der Waals surface area contributed by atoms with Crippen LogP contribution < -0.4 is 10.6 Å². The van der Waals surface area contributed by atoms with Crippen LogP contribution in [-0.4, -0.2) is 77.7 Å². The van der Waals surface area contributed by atoms with Crippen molar-refractivity contribution in [3.05, 3.63) is 58.6 Å². The van der Waals surface area contributed by atoms with Gasteiger partial charge in [0.15, 0.2) is 16.0 Å². The average Bonchev–Trinajstić information content (AvgIpc) is 3.08. The summed E-state index contributed by atoms with van der Waals surface area (Å²) in [6, 6.07) is 6.33. The predicted molar refractivity (Wildman–Crippen MR) is 193 cm³/mol. The van der Waals surface area contributed by atoms with Gasteiger partial charge >= 0.3 is 0 Å². The van der Waals surface area contributed by atoms with Crippen molar-refractivity contribution in [2.45, 2.75) is 25.0 Å². The van der Waals surface area contributed by atoms with E-state index in [1.165, 1.54) is 12.1 Å².